The van der Waals surface area contributed by atoms with Crippen LogP contribution in [-0.2, 0) is 12.8 Å². The van der Waals surface area contributed by atoms with Crippen molar-refractivity contribution in [3.8, 4) is 11.4 Å². The van der Waals surface area contributed by atoms with E-state index in [1.807, 2.05) is 24.3 Å². The van der Waals surface area contributed by atoms with Crippen molar-refractivity contribution in [2.75, 3.05) is 11.9 Å². The van der Waals surface area contributed by atoms with E-state index < -0.39 is 0 Å². The van der Waals surface area contributed by atoms with Crippen molar-refractivity contribution < 1.29 is 9.52 Å². The first-order valence-corrected chi connectivity index (χ1v) is 8.56. The van der Waals surface area contributed by atoms with Gasteiger partial charge in [-0.3, -0.25) is 4.98 Å². The number of hydrogen-bond donors (Lipinski definition) is 2. The third kappa shape index (κ3) is 3.25. The minimum atomic E-state index is -0.120. The number of hydrogen-bond acceptors (Lipinski definition) is 6. The maximum absolute atomic E-state index is 9.42. The van der Waals surface area contributed by atoms with Crippen molar-refractivity contribution in [2.45, 2.75) is 31.7 Å². The third-order valence-electron chi connectivity index (χ3n) is 4.49. The molecule has 6 heteroatoms. The van der Waals surface area contributed by atoms with Gasteiger partial charge in [0.15, 0.2) is 5.82 Å². The molecule has 3 aromatic rings. The number of anilines is 1. The van der Waals surface area contributed by atoms with Gasteiger partial charge >= 0.3 is 0 Å². The number of pyridine rings is 1. The quantitative estimate of drug-likeness (QED) is 0.719. The number of aromatic nitrogens is 3. The van der Waals surface area contributed by atoms with Gasteiger partial charge in [0.05, 0.1) is 12.3 Å². The molecule has 2 N–H and O–H groups in total. The van der Waals surface area contributed by atoms with Crippen LogP contribution in [0.2, 0.25) is 0 Å². The molecule has 3 aromatic heterocycles. The largest absolute Gasteiger partial charge is 0.467 e. The molecule has 0 aliphatic heterocycles. The average Bonchev–Trinajstić information content (AvgIpc) is 3.33. The molecule has 128 valence electrons. The summed E-state index contributed by atoms with van der Waals surface area (Å²) in [6.07, 6.45) is 8.72. The second-order valence-electron chi connectivity index (χ2n) is 6.14. The monoisotopic (exact) mass is 336 g/mol. The molecule has 6 nitrogen and oxygen atoms in total. The summed E-state index contributed by atoms with van der Waals surface area (Å²) >= 11 is 0. The van der Waals surface area contributed by atoms with Crippen LogP contribution in [0.5, 0.6) is 0 Å². The van der Waals surface area contributed by atoms with E-state index in [-0.39, 0.29) is 12.6 Å². The van der Waals surface area contributed by atoms with Crippen LogP contribution in [0.15, 0.2) is 47.3 Å². The fourth-order valence-electron chi connectivity index (χ4n) is 3.25. The van der Waals surface area contributed by atoms with Crippen molar-refractivity contribution in [3.63, 3.8) is 0 Å². The lowest BCUT2D eigenvalue weighted by atomic mass is 10.1. The molecule has 0 saturated heterocycles. The number of fused-ring (bicyclic) bond motifs is 1. The van der Waals surface area contributed by atoms with E-state index in [4.69, 9.17) is 14.4 Å². The first-order chi connectivity index (χ1) is 12.3. The number of nitrogens with zero attached hydrogens (tertiary/aromatic N) is 3. The zero-order valence-corrected chi connectivity index (χ0v) is 13.9. The Labute approximate surface area is 146 Å². The minimum Gasteiger partial charge on any atom is -0.467 e. The fraction of sp³-hybridized carbons (Fsp3) is 0.316. The summed E-state index contributed by atoms with van der Waals surface area (Å²) in [6.45, 7) is 0.0723. The summed E-state index contributed by atoms with van der Waals surface area (Å²) < 4.78 is 5.53. The van der Waals surface area contributed by atoms with Crippen molar-refractivity contribution in [1.29, 1.82) is 0 Å². The topological polar surface area (TPSA) is 84.1 Å². The molecule has 0 bridgehead atoms. The third-order valence-corrected chi connectivity index (χ3v) is 4.49. The number of aliphatic hydroxyl groups excluding tert-OH is 1. The van der Waals surface area contributed by atoms with Crippen LogP contribution in [0.25, 0.3) is 11.4 Å². The Kier molecular flexibility index (Phi) is 4.43. The first-order valence-electron chi connectivity index (χ1n) is 8.56. The van der Waals surface area contributed by atoms with Crippen LogP contribution >= 0.6 is 0 Å². The Balaban J connectivity index is 1.72. The van der Waals surface area contributed by atoms with Crippen molar-refractivity contribution >= 4 is 5.82 Å². The van der Waals surface area contributed by atoms with E-state index in [0.29, 0.717) is 12.2 Å². The van der Waals surface area contributed by atoms with Crippen LogP contribution in [0, 0.1) is 0 Å². The van der Waals surface area contributed by atoms with Gasteiger partial charge in [0.2, 0.25) is 0 Å². The molecule has 0 aromatic carbocycles. The predicted octanol–water partition coefficient (Wildman–Crippen LogP) is 3.16. The standard InChI is InChI=1S/C19H20N4O2/c24-11-8-16(17-5-2-12-25-17)22-19-14-3-1-4-15(14)21-18(23-19)13-6-9-20-10-7-13/h2,5-7,9-10,12,16,24H,1,3-4,8,11H2,(H,21,22,23). The smallest absolute Gasteiger partial charge is 0.161 e. The summed E-state index contributed by atoms with van der Waals surface area (Å²) in [4.78, 5) is 13.6. The van der Waals surface area contributed by atoms with Gasteiger partial charge in [-0.05, 0) is 49.9 Å². The highest BCUT2D eigenvalue weighted by Gasteiger charge is 2.23. The highest BCUT2D eigenvalue weighted by Crippen LogP contribution is 2.32. The van der Waals surface area contributed by atoms with Crippen LogP contribution in [-0.4, -0.2) is 26.7 Å². The Hall–Kier alpha value is -2.73. The fourth-order valence-corrected chi connectivity index (χ4v) is 3.25. The second kappa shape index (κ2) is 7.03. The Morgan fingerprint density at radius 3 is 2.80 bits per heavy atom. The first kappa shape index (κ1) is 15.8. The number of nitrogens with one attached hydrogen (secondary N) is 1. The van der Waals surface area contributed by atoms with E-state index in [1.165, 1.54) is 5.56 Å². The molecule has 1 aliphatic carbocycles. The Bertz CT molecular complexity index is 834. The van der Waals surface area contributed by atoms with Gasteiger partial charge in [-0.2, -0.15) is 0 Å². The lowest BCUT2D eigenvalue weighted by molar-refractivity contribution is 0.273. The molecule has 1 aliphatic rings. The maximum atomic E-state index is 9.42. The van der Waals surface area contributed by atoms with Crippen molar-refractivity contribution in [3.05, 3.63) is 59.9 Å². The molecule has 1 unspecified atom stereocenters. The molecule has 0 radical (unpaired) electrons. The maximum Gasteiger partial charge on any atom is 0.161 e. The normalized spacial score (nSPS) is 14.3. The molecule has 0 saturated carbocycles. The second-order valence-corrected chi connectivity index (χ2v) is 6.14. The predicted molar refractivity (Wildman–Crippen MR) is 94.1 cm³/mol. The van der Waals surface area contributed by atoms with E-state index >= 15 is 0 Å². The van der Waals surface area contributed by atoms with Crippen LogP contribution in [0.1, 0.15) is 35.9 Å². The van der Waals surface area contributed by atoms with Gasteiger partial charge < -0.3 is 14.8 Å². The summed E-state index contributed by atoms with van der Waals surface area (Å²) in [6, 6.07) is 7.48. The summed E-state index contributed by atoms with van der Waals surface area (Å²) in [7, 11) is 0. The Morgan fingerprint density at radius 1 is 1.16 bits per heavy atom. The molecular weight excluding hydrogens is 316 g/mol. The van der Waals surface area contributed by atoms with Crippen molar-refractivity contribution in [1.82, 2.24) is 15.0 Å². The number of aliphatic hydroxyl groups is 1. The molecule has 3 heterocycles. The summed E-state index contributed by atoms with van der Waals surface area (Å²) in [5.74, 6) is 2.33. The van der Waals surface area contributed by atoms with Gasteiger partial charge in [-0.1, -0.05) is 0 Å². The summed E-state index contributed by atoms with van der Waals surface area (Å²) in [5.41, 5.74) is 3.23. The van der Waals surface area contributed by atoms with Crippen LogP contribution in [0.3, 0.4) is 0 Å². The van der Waals surface area contributed by atoms with Gasteiger partial charge in [0.25, 0.3) is 0 Å². The molecule has 0 amide bonds. The van der Waals surface area contributed by atoms with E-state index in [2.05, 4.69) is 10.3 Å². The van der Waals surface area contributed by atoms with Crippen LogP contribution in [0.4, 0.5) is 5.82 Å². The van der Waals surface area contributed by atoms with Crippen molar-refractivity contribution in [2.24, 2.45) is 0 Å². The number of rotatable bonds is 6. The average molecular weight is 336 g/mol. The highest BCUT2D eigenvalue weighted by molar-refractivity contribution is 5.60. The SMILES string of the molecule is OCCC(Nc1nc(-c2ccncc2)nc2c1CCC2)c1ccco1. The minimum absolute atomic E-state index is 0.0723. The zero-order chi connectivity index (χ0) is 17.1. The van der Waals surface area contributed by atoms with Crippen LogP contribution < -0.4 is 5.32 Å². The molecule has 4 rings (SSSR count). The molecular formula is C19H20N4O2. The van der Waals surface area contributed by atoms with Gasteiger partial charge in [-0.25, -0.2) is 9.97 Å². The van der Waals surface area contributed by atoms with E-state index in [9.17, 15) is 5.11 Å². The number of aryl methyl sites for hydroxylation is 1. The molecule has 25 heavy (non-hydrogen) atoms. The van der Waals surface area contributed by atoms with Gasteiger partial charge in [-0.15, -0.1) is 0 Å². The van der Waals surface area contributed by atoms with E-state index in [0.717, 1.165) is 42.1 Å². The van der Waals surface area contributed by atoms with E-state index in [1.54, 1.807) is 18.7 Å². The molecule has 1 atom stereocenters. The Morgan fingerprint density at radius 2 is 2.04 bits per heavy atom. The summed E-state index contributed by atoms with van der Waals surface area (Å²) in [5, 5.41) is 12.9. The lowest BCUT2D eigenvalue weighted by Gasteiger charge is -2.19. The van der Waals surface area contributed by atoms with Gasteiger partial charge in [0.1, 0.15) is 11.6 Å². The van der Waals surface area contributed by atoms with Gasteiger partial charge in [0, 0.05) is 35.8 Å². The zero-order valence-electron chi connectivity index (χ0n) is 13.9. The molecule has 0 fully saturated rings. The highest BCUT2D eigenvalue weighted by atomic mass is 16.3. The lowest BCUT2D eigenvalue weighted by Crippen LogP contribution is -2.15. The number of furan rings is 1. The molecule has 0 spiro atoms.